The number of nitrogens with zero attached hydrogens (tertiary/aromatic N) is 1. The molecule has 0 fully saturated rings. The summed E-state index contributed by atoms with van der Waals surface area (Å²) in [7, 11) is 0. The van der Waals surface area contributed by atoms with E-state index < -0.39 is 0 Å². The van der Waals surface area contributed by atoms with Crippen molar-refractivity contribution in [1.82, 2.24) is 0 Å². The van der Waals surface area contributed by atoms with Gasteiger partial charge in [0.05, 0.1) is 11.6 Å². The molecule has 0 aromatic heterocycles. The molecule has 1 rings (SSSR count). The average Bonchev–Trinajstić information content (AvgIpc) is 2.48. The van der Waals surface area contributed by atoms with Crippen LogP contribution < -0.4 is 0 Å². The second-order valence-corrected chi connectivity index (χ2v) is 4.20. The minimum atomic E-state index is 0.233. The van der Waals surface area contributed by atoms with Crippen LogP contribution in [0.1, 0.15) is 59.4 Å². The zero-order valence-corrected chi connectivity index (χ0v) is 12.9. The van der Waals surface area contributed by atoms with Gasteiger partial charge in [0.15, 0.2) is 0 Å². The van der Waals surface area contributed by atoms with Crippen molar-refractivity contribution in [2.24, 2.45) is 5.92 Å². The molecule has 0 aliphatic carbocycles. The molecular weight excluding hydrogens is 234 g/mol. The van der Waals surface area contributed by atoms with Crippen LogP contribution in [0.25, 0.3) is 0 Å². The summed E-state index contributed by atoms with van der Waals surface area (Å²) in [6.45, 7) is 10.0. The number of hydrogen-bond acceptors (Lipinski definition) is 2. The predicted octanol–water partition coefficient (Wildman–Crippen LogP) is 4.99. The Balaban J connectivity index is 0. The van der Waals surface area contributed by atoms with Crippen LogP contribution in [-0.2, 0) is 4.79 Å². The van der Waals surface area contributed by atoms with E-state index in [0.717, 1.165) is 19.3 Å². The van der Waals surface area contributed by atoms with Crippen LogP contribution >= 0.6 is 0 Å². The predicted molar refractivity (Wildman–Crippen MR) is 81.9 cm³/mol. The zero-order chi connectivity index (χ0) is 15.1. The van der Waals surface area contributed by atoms with Crippen molar-refractivity contribution in [3.05, 3.63) is 35.9 Å². The first-order valence-corrected chi connectivity index (χ1v) is 7.09. The molecule has 0 heterocycles. The minimum Gasteiger partial charge on any atom is -0.299 e. The fourth-order valence-electron chi connectivity index (χ4n) is 1.15. The lowest BCUT2D eigenvalue weighted by molar-refractivity contribution is -0.121. The molecule has 0 N–H and O–H groups in total. The average molecular weight is 261 g/mol. The molecule has 1 aromatic rings. The monoisotopic (exact) mass is 261 g/mol. The molecule has 106 valence electrons. The number of carbonyl (C=O) groups is 1. The fourth-order valence-corrected chi connectivity index (χ4v) is 1.15. The van der Waals surface area contributed by atoms with Crippen molar-refractivity contribution in [3.8, 4) is 6.07 Å². The molecule has 0 unspecified atom stereocenters. The third-order valence-corrected chi connectivity index (χ3v) is 2.32. The number of hydrogen-bond donors (Lipinski definition) is 0. The van der Waals surface area contributed by atoms with Gasteiger partial charge in [-0.1, -0.05) is 59.2 Å². The molecule has 0 aliphatic rings. The van der Waals surface area contributed by atoms with Crippen LogP contribution in [0, 0.1) is 17.2 Å². The smallest absolute Gasteiger partial charge is 0.135 e. The molecule has 0 saturated carbocycles. The number of benzene rings is 1. The lowest BCUT2D eigenvalue weighted by Crippen LogP contribution is -2.05. The molecule has 2 heteroatoms. The highest BCUT2D eigenvalue weighted by Crippen LogP contribution is 2.02. The van der Waals surface area contributed by atoms with Crippen LogP contribution in [0.4, 0.5) is 0 Å². The maximum atomic E-state index is 10.9. The number of ketones is 1. The van der Waals surface area contributed by atoms with Gasteiger partial charge in [-0.25, -0.2) is 0 Å². The van der Waals surface area contributed by atoms with Crippen LogP contribution in [0.3, 0.4) is 0 Å². The number of carbonyl (C=O) groups excluding carboxylic acids is 1. The van der Waals surface area contributed by atoms with Gasteiger partial charge >= 0.3 is 0 Å². The number of unbranched alkanes of at least 4 members (excludes halogenated alkanes) is 1. The van der Waals surface area contributed by atoms with Gasteiger partial charge in [0, 0.05) is 12.3 Å². The van der Waals surface area contributed by atoms with E-state index in [1.807, 2.05) is 52.0 Å². The van der Waals surface area contributed by atoms with Gasteiger partial charge < -0.3 is 0 Å². The minimum absolute atomic E-state index is 0.233. The number of Topliss-reactive ketones (excluding diaryl/α,β-unsaturated/α-hetero) is 1. The molecule has 1 aromatic carbocycles. The van der Waals surface area contributed by atoms with E-state index in [1.54, 1.807) is 12.1 Å². The Morgan fingerprint density at radius 1 is 1.21 bits per heavy atom. The second kappa shape index (κ2) is 14.4. The Hall–Kier alpha value is -1.62. The standard InChI is InChI=1S/C8H16O.C7H5N.C2H6/c1-4-5-6-8(9)7(2)3;8-6-7-4-2-1-3-5-7;1-2/h7H,4-6H2,1-3H3;1-5H;1-2H3. The topological polar surface area (TPSA) is 40.9 Å². The molecule has 0 saturated heterocycles. The molecular formula is C17H27NO. The summed E-state index contributed by atoms with van der Waals surface area (Å²) >= 11 is 0. The summed E-state index contributed by atoms with van der Waals surface area (Å²) in [6, 6.07) is 11.2. The Morgan fingerprint density at radius 2 is 1.74 bits per heavy atom. The van der Waals surface area contributed by atoms with Gasteiger partial charge in [-0.2, -0.15) is 5.26 Å². The first-order chi connectivity index (χ1) is 9.11. The Morgan fingerprint density at radius 3 is 2.05 bits per heavy atom. The molecule has 0 radical (unpaired) electrons. The van der Waals surface area contributed by atoms with E-state index >= 15 is 0 Å². The summed E-state index contributed by atoms with van der Waals surface area (Å²) in [5.41, 5.74) is 0.715. The molecule has 0 spiro atoms. The quantitative estimate of drug-likeness (QED) is 0.766. The van der Waals surface area contributed by atoms with Crippen molar-refractivity contribution in [2.75, 3.05) is 0 Å². The molecule has 0 amide bonds. The lowest BCUT2D eigenvalue weighted by Gasteiger charge is -2.00. The molecule has 2 nitrogen and oxygen atoms in total. The third-order valence-electron chi connectivity index (χ3n) is 2.32. The number of nitriles is 1. The van der Waals surface area contributed by atoms with Gasteiger partial charge in [-0.15, -0.1) is 0 Å². The number of rotatable bonds is 4. The van der Waals surface area contributed by atoms with Crippen molar-refractivity contribution in [1.29, 1.82) is 5.26 Å². The van der Waals surface area contributed by atoms with Gasteiger partial charge in [-0.05, 0) is 18.6 Å². The van der Waals surface area contributed by atoms with Crippen molar-refractivity contribution < 1.29 is 4.79 Å². The summed E-state index contributed by atoms with van der Waals surface area (Å²) in [5.74, 6) is 0.633. The largest absolute Gasteiger partial charge is 0.299 e. The van der Waals surface area contributed by atoms with Gasteiger partial charge in [0.1, 0.15) is 5.78 Å². The van der Waals surface area contributed by atoms with Crippen molar-refractivity contribution in [3.63, 3.8) is 0 Å². The van der Waals surface area contributed by atoms with E-state index in [9.17, 15) is 4.79 Å². The van der Waals surface area contributed by atoms with E-state index in [2.05, 4.69) is 6.92 Å². The highest BCUT2D eigenvalue weighted by Gasteiger charge is 2.04. The van der Waals surface area contributed by atoms with E-state index in [0.29, 0.717) is 11.3 Å². The Labute approximate surface area is 118 Å². The third kappa shape index (κ3) is 12.6. The summed E-state index contributed by atoms with van der Waals surface area (Å²) < 4.78 is 0. The Kier molecular flexibility index (Phi) is 15.0. The maximum absolute atomic E-state index is 10.9. The Bertz CT molecular complexity index is 349. The van der Waals surface area contributed by atoms with Crippen LogP contribution in [0.2, 0.25) is 0 Å². The summed E-state index contributed by atoms with van der Waals surface area (Å²) in [4.78, 5) is 10.9. The molecule has 0 aliphatic heterocycles. The van der Waals surface area contributed by atoms with E-state index in [-0.39, 0.29) is 5.92 Å². The molecule has 19 heavy (non-hydrogen) atoms. The fraction of sp³-hybridized carbons (Fsp3) is 0.529. The normalized spacial score (nSPS) is 8.47. The van der Waals surface area contributed by atoms with Gasteiger partial charge in [0.25, 0.3) is 0 Å². The van der Waals surface area contributed by atoms with Crippen molar-refractivity contribution >= 4 is 5.78 Å². The van der Waals surface area contributed by atoms with Crippen LogP contribution in [0.15, 0.2) is 30.3 Å². The maximum Gasteiger partial charge on any atom is 0.135 e. The van der Waals surface area contributed by atoms with E-state index in [1.165, 1.54) is 0 Å². The molecule has 0 atom stereocenters. The first-order valence-electron chi connectivity index (χ1n) is 7.09. The second-order valence-electron chi connectivity index (χ2n) is 4.20. The lowest BCUT2D eigenvalue weighted by atomic mass is 10.0. The van der Waals surface area contributed by atoms with Gasteiger partial charge in [0.2, 0.25) is 0 Å². The summed E-state index contributed by atoms with van der Waals surface area (Å²) in [6.07, 6.45) is 2.95. The zero-order valence-electron chi connectivity index (χ0n) is 12.9. The highest BCUT2D eigenvalue weighted by molar-refractivity contribution is 5.80. The summed E-state index contributed by atoms with van der Waals surface area (Å²) in [5, 5.41) is 8.29. The van der Waals surface area contributed by atoms with Crippen molar-refractivity contribution in [2.45, 2.75) is 53.9 Å². The van der Waals surface area contributed by atoms with Crippen LogP contribution in [-0.4, -0.2) is 5.78 Å². The van der Waals surface area contributed by atoms with Crippen LogP contribution in [0.5, 0.6) is 0 Å². The van der Waals surface area contributed by atoms with E-state index in [4.69, 9.17) is 5.26 Å². The van der Waals surface area contributed by atoms with Gasteiger partial charge in [-0.3, -0.25) is 4.79 Å². The highest BCUT2D eigenvalue weighted by atomic mass is 16.1. The SMILES string of the molecule is CC.CCCCC(=O)C(C)C.N#Cc1ccccc1. The first kappa shape index (κ1) is 19.7. The molecule has 0 bridgehead atoms.